The van der Waals surface area contributed by atoms with Gasteiger partial charge in [-0.3, -0.25) is 24.0 Å². The van der Waals surface area contributed by atoms with Gasteiger partial charge in [0.2, 0.25) is 0 Å². The van der Waals surface area contributed by atoms with Gasteiger partial charge in [0.15, 0.2) is 5.75 Å². The first-order valence-corrected chi connectivity index (χ1v) is 13.4. The Morgan fingerprint density at radius 3 is 2.18 bits per heavy atom. The molecule has 0 saturated carbocycles. The summed E-state index contributed by atoms with van der Waals surface area (Å²) in [6, 6.07) is 14.8. The molecule has 14 nitrogen and oxygen atoms in total. The fourth-order valence-corrected chi connectivity index (χ4v) is 4.76. The number of aromatic hydroxyl groups is 1. The van der Waals surface area contributed by atoms with Gasteiger partial charge >= 0.3 is 0 Å². The molecular formula is C23H16N4O10S2. The molecule has 0 saturated heterocycles. The Hall–Kier alpha value is -4.77. The summed E-state index contributed by atoms with van der Waals surface area (Å²) in [5.74, 6) is -1.69. The monoisotopic (exact) mass is 572 g/mol. The van der Waals surface area contributed by atoms with Crippen molar-refractivity contribution >= 4 is 59.7 Å². The standard InChI is InChI=1S/C23H16N4O10S2/c28-22-20-14(9-17(38(32,33)34)12-18(20)24-23(29)13-5-2-1-3-6-13)10-19(39(35,36)37)21(22)26-25-15-7-4-8-16(11-15)27(30)31/h1-12,28H,(H,24,29)(H,32,33,34)(H,35,36,37). The van der Waals surface area contributed by atoms with E-state index in [0.717, 1.165) is 24.3 Å². The topological polar surface area (TPSA) is 226 Å². The zero-order valence-electron chi connectivity index (χ0n) is 19.3. The van der Waals surface area contributed by atoms with Crippen LogP contribution in [-0.4, -0.2) is 41.9 Å². The fourth-order valence-electron chi connectivity index (χ4n) is 3.56. The number of hydrogen-bond acceptors (Lipinski definition) is 10. The van der Waals surface area contributed by atoms with Gasteiger partial charge in [-0.2, -0.15) is 21.9 Å². The molecule has 200 valence electrons. The number of phenolic OH excluding ortho intramolecular Hbond substituents is 1. The second kappa shape index (κ2) is 10.2. The van der Waals surface area contributed by atoms with Gasteiger partial charge in [0.1, 0.15) is 10.6 Å². The number of hydrogen-bond donors (Lipinski definition) is 4. The van der Waals surface area contributed by atoms with Gasteiger partial charge in [-0.15, -0.1) is 5.11 Å². The number of carbonyl (C=O) groups is 1. The van der Waals surface area contributed by atoms with E-state index in [1.807, 2.05) is 0 Å². The van der Waals surface area contributed by atoms with E-state index in [1.54, 1.807) is 18.2 Å². The molecule has 0 fully saturated rings. The minimum absolute atomic E-state index is 0.107. The minimum atomic E-state index is -5.12. The molecule has 0 unspecified atom stereocenters. The number of nitrogens with zero attached hydrogens (tertiary/aromatic N) is 3. The fraction of sp³-hybridized carbons (Fsp3) is 0. The van der Waals surface area contributed by atoms with Crippen LogP contribution in [0.2, 0.25) is 0 Å². The van der Waals surface area contributed by atoms with E-state index in [1.165, 1.54) is 30.3 Å². The first kappa shape index (κ1) is 27.3. The molecule has 0 aliphatic rings. The van der Waals surface area contributed by atoms with E-state index in [2.05, 4.69) is 15.5 Å². The van der Waals surface area contributed by atoms with E-state index >= 15 is 0 Å². The molecule has 4 aromatic carbocycles. The molecule has 0 aliphatic carbocycles. The summed E-state index contributed by atoms with van der Waals surface area (Å²) in [7, 11) is -10.0. The lowest BCUT2D eigenvalue weighted by Crippen LogP contribution is -2.13. The van der Waals surface area contributed by atoms with Crippen molar-refractivity contribution in [3.05, 3.63) is 88.5 Å². The number of amides is 1. The van der Waals surface area contributed by atoms with Crippen LogP contribution in [0.15, 0.2) is 92.8 Å². The quantitative estimate of drug-likeness (QED) is 0.104. The van der Waals surface area contributed by atoms with Crippen molar-refractivity contribution in [2.75, 3.05) is 5.32 Å². The van der Waals surface area contributed by atoms with Gasteiger partial charge in [0.05, 0.1) is 21.2 Å². The van der Waals surface area contributed by atoms with Crippen molar-refractivity contribution in [2.24, 2.45) is 10.2 Å². The Labute approximate surface area is 219 Å². The summed E-state index contributed by atoms with van der Waals surface area (Å²) in [5.41, 5.74) is -1.49. The maximum atomic E-state index is 12.8. The zero-order chi connectivity index (χ0) is 28.5. The third-order valence-electron chi connectivity index (χ3n) is 5.29. The van der Waals surface area contributed by atoms with Crippen LogP contribution >= 0.6 is 0 Å². The Morgan fingerprint density at radius 1 is 0.872 bits per heavy atom. The first-order valence-electron chi connectivity index (χ1n) is 10.6. The Kier molecular flexibility index (Phi) is 7.12. The lowest BCUT2D eigenvalue weighted by atomic mass is 10.1. The number of carbonyl (C=O) groups excluding carboxylic acids is 1. The highest BCUT2D eigenvalue weighted by Gasteiger charge is 2.26. The summed E-state index contributed by atoms with van der Waals surface area (Å²) in [5, 5.41) is 31.3. The first-order chi connectivity index (χ1) is 18.3. The van der Waals surface area contributed by atoms with Gasteiger partial charge in [-0.1, -0.05) is 24.3 Å². The van der Waals surface area contributed by atoms with Crippen molar-refractivity contribution in [2.45, 2.75) is 9.79 Å². The summed E-state index contributed by atoms with van der Waals surface area (Å²) >= 11 is 0. The number of nitrogens with one attached hydrogen (secondary N) is 1. The minimum Gasteiger partial charge on any atom is -0.505 e. The lowest BCUT2D eigenvalue weighted by Gasteiger charge is -2.15. The Balaban J connectivity index is 1.99. The molecule has 0 spiro atoms. The number of azo groups is 1. The van der Waals surface area contributed by atoms with Gasteiger partial charge in [0.25, 0.3) is 31.8 Å². The molecule has 39 heavy (non-hydrogen) atoms. The molecular weight excluding hydrogens is 556 g/mol. The van der Waals surface area contributed by atoms with Gasteiger partial charge in [-0.25, -0.2) is 0 Å². The lowest BCUT2D eigenvalue weighted by molar-refractivity contribution is -0.384. The molecule has 0 atom stereocenters. The number of non-ortho nitro benzene ring substituents is 1. The zero-order valence-corrected chi connectivity index (χ0v) is 20.9. The maximum Gasteiger partial charge on any atom is 0.296 e. The van der Waals surface area contributed by atoms with Crippen LogP contribution in [0.25, 0.3) is 10.8 Å². The smallest absolute Gasteiger partial charge is 0.296 e. The van der Waals surface area contributed by atoms with Crippen molar-refractivity contribution in [1.29, 1.82) is 0 Å². The normalized spacial score (nSPS) is 12.1. The second-order valence-corrected chi connectivity index (χ2v) is 10.7. The third kappa shape index (κ3) is 5.88. The Bertz CT molecular complexity index is 1890. The molecule has 16 heteroatoms. The average molecular weight is 573 g/mol. The number of anilines is 1. The highest BCUT2D eigenvalue weighted by molar-refractivity contribution is 7.86. The van der Waals surface area contributed by atoms with Crippen molar-refractivity contribution in [3.63, 3.8) is 0 Å². The summed E-state index contributed by atoms with van der Waals surface area (Å²) in [6.07, 6.45) is 0. The predicted octanol–water partition coefficient (Wildman–Crippen LogP) is 4.61. The molecule has 0 aliphatic heterocycles. The van der Waals surface area contributed by atoms with Crippen LogP contribution in [0.5, 0.6) is 5.75 Å². The van der Waals surface area contributed by atoms with E-state index in [9.17, 15) is 46.0 Å². The molecule has 4 aromatic rings. The largest absolute Gasteiger partial charge is 0.505 e. The van der Waals surface area contributed by atoms with Gasteiger partial charge < -0.3 is 10.4 Å². The van der Waals surface area contributed by atoms with Crippen molar-refractivity contribution in [3.8, 4) is 5.75 Å². The number of fused-ring (bicyclic) bond motifs is 1. The number of benzene rings is 4. The summed E-state index contributed by atoms with van der Waals surface area (Å²) < 4.78 is 67.5. The van der Waals surface area contributed by atoms with E-state index in [4.69, 9.17) is 0 Å². The second-order valence-electron chi connectivity index (χ2n) is 7.89. The molecule has 0 aromatic heterocycles. The van der Waals surface area contributed by atoms with Gasteiger partial charge in [0, 0.05) is 23.1 Å². The number of phenols is 1. The van der Waals surface area contributed by atoms with Crippen LogP contribution in [0, 0.1) is 10.1 Å². The summed E-state index contributed by atoms with van der Waals surface area (Å²) in [6.45, 7) is 0. The van der Waals surface area contributed by atoms with E-state index in [-0.39, 0.29) is 33.4 Å². The van der Waals surface area contributed by atoms with E-state index < -0.39 is 52.3 Å². The number of rotatable bonds is 7. The van der Waals surface area contributed by atoms with Crippen LogP contribution in [-0.2, 0) is 20.2 Å². The Morgan fingerprint density at radius 2 is 1.56 bits per heavy atom. The SMILES string of the molecule is O=C(Nc1cc(S(=O)(=O)O)cc2cc(S(=O)(=O)O)c(N=Nc3cccc([N+](=O)[O-])c3)c(O)c12)c1ccccc1. The molecule has 4 N–H and O–H groups in total. The number of nitro groups is 1. The molecule has 0 heterocycles. The highest BCUT2D eigenvalue weighted by atomic mass is 32.2. The molecule has 0 bridgehead atoms. The summed E-state index contributed by atoms with van der Waals surface area (Å²) in [4.78, 5) is 21.4. The molecule has 4 rings (SSSR count). The van der Waals surface area contributed by atoms with Crippen LogP contribution in [0.1, 0.15) is 10.4 Å². The predicted molar refractivity (Wildman–Crippen MR) is 137 cm³/mol. The highest BCUT2D eigenvalue weighted by Crippen LogP contribution is 2.45. The van der Waals surface area contributed by atoms with E-state index in [0.29, 0.717) is 0 Å². The molecule has 0 radical (unpaired) electrons. The average Bonchev–Trinajstić information content (AvgIpc) is 2.87. The van der Waals surface area contributed by atoms with Crippen LogP contribution in [0.3, 0.4) is 0 Å². The van der Waals surface area contributed by atoms with Crippen LogP contribution in [0.4, 0.5) is 22.7 Å². The van der Waals surface area contributed by atoms with Crippen molar-refractivity contribution in [1.82, 2.24) is 0 Å². The van der Waals surface area contributed by atoms with Crippen molar-refractivity contribution < 1.29 is 40.8 Å². The van der Waals surface area contributed by atoms with Gasteiger partial charge in [-0.05, 0) is 41.8 Å². The number of nitro benzene ring substituents is 1. The molecule has 1 amide bonds. The third-order valence-corrected chi connectivity index (χ3v) is 6.99. The maximum absolute atomic E-state index is 12.8. The van der Waals surface area contributed by atoms with Crippen LogP contribution < -0.4 is 5.32 Å².